The Morgan fingerprint density at radius 3 is 2.32 bits per heavy atom. The summed E-state index contributed by atoms with van der Waals surface area (Å²) in [6, 6.07) is 6.14. The molecule has 0 aliphatic heterocycles. The second kappa shape index (κ2) is 4.99. The van der Waals surface area contributed by atoms with Crippen molar-refractivity contribution in [3.63, 3.8) is 0 Å². The number of hydrogen-bond donors (Lipinski definition) is 2. The van der Waals surface area contributed by atoms with Gasteiger partial charge in [0.15, 0.2) is 5.84 Å². The zero-order valence-electron chi connectivity index (χ0n) is 10.1. The van der Waals surface area contributed by atoms with Gasteiger partial charge in [-0.1, -0.05) is 5.16 Å². The number of benzene rings is 1. The van der Waals surface area contributed by atoms with E-state index in [4.69, 9.17) is 10.9 Å². The lowest BCUT2D eigenvalue weighted by atomic mass is 10.2. The van der Waals surface area contributed by atoms with Gasteiger partial charge < -0.3 is 15.8 Å². The molecule has 0 aromatic heterocycles. The Bertz CT molecular complexity index is 466. The molecule has 1 aliphatic carbocycles. The highest BCUT2D eigenvalue weighted by atomic mass is 19.4. The molecule has 1 aliphatic rings. The Hall–Kier alpha value is -1.92. The van der Waals surface area contributed by atoms with Crippen LogP contribution in [0, 0.1) is 0 Å². The lowest BCUT2D eigenvalue weighted by Crippen LogP contribution is -2.36. The second-order valence-corrected chi connectivity index (χ2v) is 4.51. The first kappa shape index (κ1) is 13.5. The van der Waals surface area contributed by atoms with Crippen LogP contribution in [0.2, 0.25) is 0 Å². The number of rotatable bonds is 4. The zero-order valence-corrected chi connectivity index (χ0v) is 10.1. The van der Waals surface area contributed by atoms with Crippen molar-refractivity contribution in [2.24, 2.45) is 10.9 Å². The number of hydrogen-bond acceptors (Lipinski definition) is 3. The van der Waals surface area contributed by atoms with Crippen LogP contribution >= 0.6 is 0 Å². The van der Waals surface area contributed by atoms with Crippen LogP contribution in [-0.4, -0.2) is 29.8 Å². The van der Waals surface area contributed by atoms with Gasteiger partial charge in [0.1, 0.15) is 6.54 Å². The number of amidine groups is 1. The van der Waals surface area contributed by atoms with Gasteiger partial charge in [-0.3, -0.25) is 0 Å². The molecule has 104 valence electrons. The third-order valence-electron chi connectivity index (χ3n) is 2.94. The minimum atomic E-state index is -4.23. The molecular formula is C12H14F3N3O. The number of alkyl halides is 3. The average Bonchev–Trinajstić information content (AvgIpc) is 3.18. The Kier molecular flexibility index (Phi) is 3.55. The molecule has 0 atom stereocenters. The maximum absolute atomic E-state index is 12.5. The number of nitrogens with zero attached hydrogens (tertiary/aromatic N) is 2. The molecule has 1 aromatic rings. The minimum absolute atomic E-state index is 0.0451. The molecule has 0 bridgehead atoms. The summed E-state index contributed by atoms with van der Waals surface area (Å²) < 4.78 is 37.6. The van der Waals surface area contributed by atoms with E-state index in [1.807, 2.05) is 0 Å². The van der Waals surface area contributed by atoms with Crippen molar-refractivity contribution < 1.29 is 18.4 Å². The monoisotopic (exact) mass is 273 g/mol. The predicted octanol–water partition coefficient (Wildman–Crippen LogP) is 2.31. The van der Waals surface area contributed by atoms with E-state index in [0.717, 1.165) is 12.8 Å². The summed E-state index contributed by atoms with van der Waals surface area (Å²) in [6.07, 6.45) is -2.68. The van der Waals surface area contributed by atoms with Gasteiger partial charge in [0.25, 0.3) is 0 Å². The van der Waals surface area contributed by atoms with Crippen LogP contribution in [0.1, 0.15) is 18.4 Å². The fourth-order valence-corrected chi connectivity index (χ4v) is 1.89. The summed E-state index contributed by atoms with van der Waals surface area (Å²) in [7, 11) is 0. The van der Waals surface area contributed by atoms with Crippen LogP contribution in [0.5, 0.6) is 0 Å². The topological polar surface area (TPSA) is 61.9 Å². The molecule has 0 saturated heterocycles. The summed E-state index contributed by atoms with van der Waals surface area (Å²) in [5.74, 6) is -0.0691. The van der Waals surface area contributed by atoms with Crippen molar-refractivity contribution in [1.29, 1.82) is 0 Å². The maximum Gasteiger partial charge on any atom is 0.405 e. The van der Waals surface area contributed by atoms with Crippen LogP contribution in [0.4, 0.5) is 18.9 Å². The van der Waals surface area contributed by atoms with Crippen molar-refractivity contribution in [2.45, 2.75) is 25.1 Å². The van der Waals surface area contributed by atoms with Gasteiger partial charge in [0, 0.05) is 17.3 Å². The zero-order chi connectivity index (χ0) is 14.0. The minimum Gasteiger partial charge on any atom is -0.409 e. The van der Waals surface area contributed by atoms with Gasteiger partial charge in [-0.2, -0.15) is 13.2 Å². The first-order valence-corrected chi connectivity index (χ1v) is 5.82. The van der Waals surface area contributed by atoms with Crippen LogP contribution < -0.4 is 10.6 Å². The molecule has 0 radical (unpaired) electrons. The molecule has 19 heavy (non-hydrogen) atoms. The van der Waals surface area contributed by atoms with E-state index in [9.17, 15) is 13.2 Å². The molecule has 0 unspecified atom stereocenters. The van der Waals surface area contributed by atoms with Gasteiger partial charge in [-0.05, 0) is 37.1 Å². The first-order valence-electron chi connectivity index (χ1n) is 5.82. The molecule has 0 amide bonds. The largest absolute Gasteiger partial charge is 0.409 e. The molecular weight excluding hydrogens is 259 g/mol. The van der Waals surface area contributed by atoms with Crippen LogP contribution in [-0.2, 0) is 0 Å². The molecule has 0 heterocycles. The number of oxime groups is 1. The average molecular weight is 273 g/mol. The molecule has 1 aromatic carbocycles. The van der Waals surface area contributed by atoms with E-state index in [0.29, 0.717) is 11.3 Å². The normalized spacial score (nSPS) is 16.5. The van der Waals surface area contributed by atoms with E-state index < -0.39 is 12.7 Å². The van der Waals surface area contributed by atoms with Gasteiger partial charge >= 0.3 is 6.18 Å². The second-order valence-electron chi connectivity index (χ2n) is 4.51. The third-order valence-corrected chi connectivity index (χ3v) is 2.94. The summed E-state index contributed by atoms with van der Waals surface area (Å²) in [5, 5.41) is 11.4. The van der Waals surface area contributed by atoms with Crippen LogP contribution in [0.3, 0.4) is 0 Å². The van der Waals surface area contributed by atoms with Crippen LogP contribution in [0.15, 0.2) is 29.4 Å². The van der Waals surface area contributed by atoms with E-state index in [1.165, 1.54) is 17.0 Å². The lowest BCUT2D eigenvalue weighted by Gasteiger charge is -2.26. The van der Waals surface area contributed by atoms with E-state index in [-0.39, 0.29) is 11.9 Å². The van der Waals surface area contributed by atoms with Crippen molar-refractivity contribution in [3.8, 4) is 0 Å². The van der Waals surface area contributed by atoms with Gasteiger partial charge in [-0.15, -0.1) is 0 Å². The van der Waals surface area contributed by atoms with E-state index >= 15 is 0 Å². The van der Waals surface area contributed by atoms with Crippen molar-refractivity contribution in [1.82, 2.24) is 0 Å². The Morgan fingerprint density at radius 1 is 1.32 bits per heavy atom. The summed E-state index contributed by atoms with van der Waals surface area (Å²) in [4.78, 5) is 1.34. The standard InChI is InChI=1S/C12H14F3N3O/c13-12(14,15)7-18(10-5-6-10)9-3-1-8(2-4-9)11(16)17-19/h1-4,10,19H,5-7H2,(H2,16,17). The van der Waals surface area contributed by atoms with E-state index in [2.05, 4.69) is 5.16 Å². The third kappa shape index (κ3) is 3.52. The van der Waals surface area contributed by atoms with Gasteiger partial charge in [-0.25, -0.2) is 0 Å². The quantitative estimate of drug-likeness (QED) is 0.383. The summed E-state index contributed by atoms with van der Waals surface area (Å²) in [6.45, 7) is -0.958. The Labute approximate surface area is 108 Å². The maximum atomic E-state index is 12.5. The predicted molar refractivity (Wildman–Crippen MR) is 65.4 cm³/mol. The van der Waals surface area contributed by atoms with Gasteiger partial charge in [0.2, 0.25) is 0 Å². The van der Waals surface area contributed by atoms with Crippen molar-refractivity contribution in [3.05, 3.63) is 29.8 Å². The van der Waals surface area contributed by atoms with E-state index in [1.54, 1.807) is 12.1 Å². The molecule has 0 spiro atoms. The SMILES string of the molecule is NC(=NO)c1ccc(N(CC(F)(F)F)C2CC2)cc1. The van der Waals surface area contributed by atoms with Crippen molar-refractivity contribution >= 4 is 11.5 Å². The fourth-order valence-electron chi connectivity index (χ4n) is 1.89. The molecule has 2 rings (SSSR count). The first-order chi connectivity index (χ1) is 8.90. The lowest BCUT2D eigenvalue weighted by molar-refractivity contribution is -0.120. The number of halogens is 3. The molecule has 3 N–H and O–H groups in total. The summed E-state index contributed by atoms with van der Waals surface area (Å²) >= 11 is 0. The molecule has 1 saturated carbocycles. The van der Waals surface area contributed by atoms with Crippen molar-refractivity contribution in [2.75, 3.05) is 11.4 Å². The highest BCUT2D eigenvalue weighted by Crippen LogP contribution is 2.34. The van der Waals surface area contributed by atoms with Crippen LogP contribution in [0.25, 0.3) is 0 Å². The summed E-state index contributed by atoms with van der Waals surface area (Å²) in [5.41, 5.74) is 6.36. The number of anilines is 1. The van der Waals surface area contributed by atoms with Gasteiger partial charge in [0.05, 0.1) is 0 Å². The highest BCUT2D eigenvalue weighted by molar-refractivity contribution is 5.97. The Morgan fingerprint density at radius 2 is 1.89 bits per heavy atom. The molecule has 1 fully saturated rings. The molecule has 4 nitrogen and oxygen atoms in total. The molecule has 7 heteroatoms. The Balaban J connectivity index is 2.18. The smallest absolute Gasteiger partial charge is 0.405 e. The number of nitrogens with two attached hydrogens (primary N) is 1. The fraction of sp³-hybridized carbons (Fsp3) is 0.417. The highest BCUT2D eigenvalue weighted by Gasteiger charge is 2.38.